The molecule has 10 heavy (non-hydrogen) atoms. The van der Waals surface area contributed by atoms with Gasteiger partial charge in [-0.2, -0.15) is 0 Å². The van der Waals surface area contributed by atoms with Gasteiger partial charge in [-0.05, 0) is 22.0 Å². The Balaban J connectivity index is 4.31. The zero-order valence-electron chi connectivity index (χ0n) is 5.47. The van der Waals surface area contributed by atoms with E-state index in [4.69, 9.17) is 17.2 Å². The summed E-state index contributed by atoms with van der Waals surface area (Å²) in [7, 11) is 0. The maximum Gasteiger partial charge on any atom is 0.0553 e. The maximum atomic E-state index is 5.40. The fraction of sp³-hybridized carbons (Fsp3) is 0. The molecule has 0 fully saturated rings. The highest BCUT2D eigenvalue weighted by Crippen LogP contribution is 2.07. The molecule has 0 aromatic rings. The van der Waals surface area contributed by atoms with Crippen LogP contribution in [0, 0.1) is 0 Å². The lowest BCUT2D eigenvalue weighted by atomic mass is 10.3. The summed E-state index contributed by atoms with van der Waals surface area (Å²) in [5.74, 6) is 0. The van der Waals surface area contributed by atoms with Gasteiger partial charge in [0, 0.05) is 16.4 Å². The van der Waals surface area contributed by atoms with E-state index in [0.29, 0.717) is 15.9 Å². The van der Waals surface area contributed by atoms with Crippen molar-refractivity contribution in [3.8, 4) is 0 Å². The minimum atomic E-state index is 0.332. The molecule has 0 unspecified atom stereocenters. The van der Waals surface area contributed by atoms with Crippen LogP contribution in [0.3, 0.4) is 0 Å². The van der Waals surface area contributed by atoms with E-state index in [9.17, 15) is 0 Å². The third-order valence-electron chi connectivity index (χ3n) is 0.823. The van der Waals surface area contributed by atoms with Crippen LogP contribution >= 0.6 is 15.9 Å². The Morgan fingerprint density at radius 3 is 2.20 bits per heavy atom. The van der Waals surface area contributed by atoms with Gasteiger partial charge < -0.3 is 17.2 Å². The van der Waals surface area contributed by atoms with Gasteiger partial charge in [0.25, 0.3) is 0 Å². The Kier molecular flexibility index (Phi) is 3.64. The zero-order valence-corrected chi connectivity index (χ0v) is 7.06. The highest BCUT2D eigenvalue weighted by molar-refractivity contribution is 9.11. The Morgan fingerprint density at radius 1 is 1.40 bits per heavy atom. The van der Waals surface area contributed by atoms with Crippen LogP contribution in [0.5, 0.6) is 0 Å². The van der Waals surface area contributed by atoms with Gasteiger partial charge in [0.05, 0.1) is 5.70 Å². The van der Waals surface area contributed by atoms with Gasteiger partial charge in [0.1, 0.15) is 0 Å². The summed E-state index contributed by atoms with van der Waals surface area (Å²) >= 11 is 3.13. The molecule has 0 aromatic heterocycles. The summed E-state index contributed by atoms with van der Waals surface area (Å²) in [6.07, 6.45) is 2.96. The SMILES string of the molecule is C=C(N)/C(N)=C\C(Br)=C/N. The average molecular weight is 204 g/mol. The summed E-state index contributed by atoms with van der Waals surface area (Å²) in [6, 6.07) is 0. The first-order valence-corrected chi connectivity index (χ1v) is 3.36. The molecular weight excluding hydrogens is 194 g/mol. The van der Waals surface area contributed by atoms with Gasteiger partial charge in [-0.3, -0.25) is 0 Å². The fourth-order valence-corrected chi connectivity index (χ4v) is 0.536. The van der Waals surface area contributed by atoms with Crippen molar-refractivity contribution in [3.63, 3.8) is 0 Å². The number of halogens is 1. The minimum absolute atomic E-state index is 0.332. The number of nitrogens with two attached hydrogens (primary N) is 3. The molecule has 0 saturated heterocycles. The van der Waals surface area contributed by atoms with Gasteiger partial charge in [0.15, 0.2) is 0 Å². The van der Waals surface area contributed by atoms with E-state index in [1.54, 1.807) is 6.08 Å². The molecule has 0 amide bonds. The standard InChI is InChI=1S/C6H10BrN3/c1-4(9)6(10)2-5(7)3-8/h2-3H,1,8-10H2/b5-3+,6-2+. The topological polar surface area (TPSA) is 78.1 Å². The van der Waals surface area contributed by atoms with Crippen LogP contribution in [0.2, 0.25) is 0 Å². The molecule has 56 valence electrons. The van der Waals surface area contributed by atoms with E-state index in [2.05, 4.69) is 22.5 Å². The van der Waals surface area contributed by atoms with Gasteiger partial charge in [0.2, 0.25) is 0 Å². The molecule has 0 bridgehead atoms. The van der Waals surface area contributed by atoms with Crippen LogP contribution in [0.1, 0.15) is 0 Å². The number of hydrogen-bond acceptors (Lipinski definition) is 3. The average Bonchev–Trinajstić information content (AvgIpc) is 1.87. The van der Waals surface area contributed by atoms with Crippen LogP contribution < -0.4 is 17.2 Å². The Bertz CT molecular complexity index is 193. The Morgan fingerprint density at radius 2 is 1.90 bits per heavy atom. The molecule has 4 heteroatoms. The van der Waals surface area contributed by atoms with Crippen molar-refractivity contribution < 1.29 is 0 Å². The van der Waals surface area contributed by atoms with Crippen LogP contribution in [0.4, 0.5) is 0 Å². The van der Waals surface area contributed by atoms with E-state index in [1.165, 1.54) is 6.20 Å². The second-order valence-electron chi connectivity index (χ2n) is 1.68. The molecule has 0 aliphatic heterocycles. The fourth-order valence-electron chi connectivity index (χ4n) is 0.289. The summed E-state index contributed by atoms with van der Waals surface area (Å²) in [6.45, 7) is 3.44. The van der Waals surface area contributed by atoms with Crippen molar-refractivity contribution in [1.82, 2.24) is 0 Å². The van der Waals surface area contributed by atoms with Crippen molar-refractivity contribution >= 4 is 15.9 Å². The summed E-state index contributed by atoms with van der Waals surface area (Å²) in [4.78, 5) is 0. The quantitative estimate of drug-likeness (QED) is 0.573. The maximum absolute atomic E-state index is 5.40. The van der Waals surface area contributed by atoms with E-state index in [-0.39, 0.29) is 0 Å². The van der Waals surface area contributed by atoms with Crippen LogP contribution in [-0.2, 0) is 0 Å². The predicted octanol–water partition coefficient (Wildman–Crippen LogP) is 0.496. The summed E-state index contributed by atoms with van der Waals surface area (Å²) in [5, 5.41) is 0. The molecule has 6 N–H and O–H groups in total. The predicted molar refractivity (Wildman–Crippen MR) is 46.8 cm³/mol. The Hall–Kier alpha value is -0.900. The Labute approximate surface area is 68.4 Å². The molecule has 0 atom stereocenters. The summed E-state index contributed by atoms with van der Waals surface area (Å²) in [5.41, 5.74) is 16.5. The number of allylic oxidation sites excluding steroid dienone is 2. The van der Waals surface area contributed by atoms with E-state index in [0.717, 1.165) is 0 Å². The normalized spacial score (nSPS) is 13.3. The van der Waals surface area contributed by atoms with E-state index in [1.807, 2.05) is 0 Å². The third-order valence-corrected chi connectivity index (χ3v) is 1.32. The van der Waals surface area contributed by atoms with Crippen molar-refractivity contribution in [2.45, 2.75) is 0 Å². The molecule has 0 aromatic carbocycles. The molecule has 0 rings (SSSR count). The molecule has 0 aliphatic carbocycles. The third kappa shape index (κ3) is 3.19. The second-order valence-corrected chi connectivity index (χ2v) is 2.59. The molecule has 0 radical (unpaired) electrons. The largest absolute Gasteiger partial charge is 0.404 e. The van der Waals surface area contributed by atoms with E-state index < -0.39 is 0 Å². The first kappa shape index (κ1) is 9.10. The lowest BCUT2D eigenvalue weighted by molar-refractivity contribution is 1.26. The summed E-state index contributed by atoms with van der Waals surface area (Å²) < 4.78 is 0.677. The smallest absolute Gasteiger partial charge is 0.0553 e. The van der Waals surface area contributed by atoms with Crippen molar-refractivity contribution in [2.24, 2.45) is 17.2 Å². The van der Waals surface area contributed by atoms with Gasteiger partial charge in [-0.1, -0.05) is 6.58 Å². The van der Waals surface area contributed by atoms with Gasteiger partial charge in [-0.15, -0.1) is 0 Å². The van der Waals surface area contributed by atoms with Crippen LogP contribution in [0.25, 0.3) is 0 Å². The lowest BCUT2D eigenvalue weighted by Gasteiger charge is -1.96. The van der Waals surface area contributed by atoms with Crippen molar-refractivity contribution in [2.75, 3.05) is 0 Å². The molecule has 3 nitrogen and oxygen atoms in total. The molecule has 0 aliphatic rings. The van der Waals surface area contributed by atoms with Crippen molar-refractivity contribution in [1.29, 1.82) is 0 Å². The van der Waals surface area contributed by atoms with Crippen LogP contribution in [0.15, 0.2) is 34.7 Å². The van der Waals surface area contributed by atoms with Crippen LogP contribution in [-0.4, -0.2) is 0 Å². The number of hydrogen-bond donors (Lipinski definition) is 3. The van der Waals surface area contributed by atoms with Gasteiger partial charge in [-0.25, -0.2) is 0 Å². The second kappa shape index (κ2) is 4.00. The highest BCUT2D eigenvalue weighted by atomic mass is 79.9. The van der Waals surface area contributed by atoms with Gasteiger partial charge >= 0.3 is 0 Å². The molecular formula is C6H10BrN3. The van der Waals surface area contributed by atoms with Crippen molar-refractivity contribution in [3.05, 3.63) is 34.7 Å². The minimum Gasteiger partial charge on any atom is -0.404 e. The number of rotatable bonds is 2. The molecule has 0 heterocycles. The first-order chi connectivity index (χ1) is 4.57. The molecule has 0 spiro atoms. The zero-order chi connectivity index (χ0) is 8.15. The highest BCUT2D eigenvalue weighted by Gasteiger charge is 1.90. The monoisotopic (exact) mass is 203 g/mol. The van der Waals surface area contributed by atoms with E-state index >= 15 is 0 Å². The first-order valence-electron chi connectivity index (χ1n) is 2.57. The lowest BCUT2D eigenvalue weighted by Crippen LogP contribution is -2.07. The molecule has 0 saturated carbocycles.